The Bertz CT molecular complexity index is 401. The van der Waals surface area contributed by atoms with Crippen molar-refractivity contribution in [3.05, 3.63) is 0 Å². The van der Waals surface area contributed by atoms with E-state index in [0.29, 0.717) is 26.2 Å². The second-order valence-electron chi connectivity index (χ2n) is 4.13. The molecule has 0 aromatic carbocycles. The van der Waals surface area contributed by atoms with Crippen molar-refractivity contribution < 1.29 is 18.0 Å². The fourth-order valence-corrected chi connectivity index (χ4v) is 2.03. The van der Waals surface area contributed by atoms with Gasteiger partial charge in [-0.2, -0.15) is 17.4 Å². The molecule has 0 aliphatic carbocycles. The van der Waals surface area contributed by atoms with Gasteiger partial charge in [-0.1, -0.05) is 0 Å². The van der Waals surface area contributed by atoms with Crippen LogP contribution in [-0.2, 0) is 19.8 Å². The Morgan fingerprint density at radius 3 is 2.28 bits per heavy atom. The fraction of sp³-hybridized carbons (Fsp3) is 0.778. The number of carbonyl (C=O) groups excluding carboxylic acids is 2. The van der Waals surface area contributed by atoms with Crippen LogP contribution in [0.5, 0.6) is 0 Å². The second kappa shape index (κ2) is 6.12. The molecule has 1 aliphatic rings. The zero-order chi connectivity index (χ0) is 13.8. The average Bonchev–Trinajstić information content (AvgIpc) is 2.36. The van der Waals surface area contributed by atoms with Gasteiger partial charge < -0.3 is 9.80 Å². The van der Waals surface area contributed by atoms with Crippen LogP contribution in [-0.4, -0.2) is 81.7 Å². The molecule has 0 aromatic rings. The van der Waals surface area contributed by atoms with Crippen molar-refractivity contribution >= 4 is 22.5 Å². The van der Waals surface area contributed by atoms with Crippen LogP contribution in [0.15, 0.2) is 0 Å². The minimum atomic E-state index is -3.58. The van der Waals surface area contributed by atoms with Gasteiger partial charge in [-0.3, -0.25) is 9.59 Å². The molecular formula is C9H18N4O4S. The number of hydrogen-bond donors (Lipinski definition) is 1. The van der Waals surface area contributed by atoms with Gasteiger partial charge in [0.15, 0.2) is 0 Å². The molecule has 0 radical (unpaired) electrons. The normalized spacial score (nSPS) is 17.1. The largest absolute Gasteiger partial charge is 0.342 e. The summed E-state index contributed by atoms with van der Waals surface area (Å²) in [6.07, 6.45) is 0.747. The number of carbonyl (C=O) groups is 2. The number of piperazine rings is 1. The van der Waals surface area contributed by atoms with Crippen LogP contribution in [0.3, 0.4) is 0 Å². The molecule has 0 aromatic heterocycles. The van der Waals surface area contributed by atoms with Crippen molar-refractivity contribution in [3.63, 3.8) is 0 Å². The topological polar surface area (TPSA) is 90.0 Å². The van der Waals surface area contributed by atoms with Gasteiger partial charge in [-0.05, 0) is 0 Å². The van der Waals surface area contributed by atoms with Gasteiger partial charge in [-0.15, -0.1) is 0 Å². The monoisotopic (exact) mass is 278 g/mol. The van der Waals surface area contributed by atoms with Crippen molar-refractivity contribution in [1.29, 1.82) is 0 Å². The third-order valence-corrected chi connectivity index (χ3v) is 4.17. The zero-order valence-electron chi connectivity index (χ0n) is 10.5. The molecule has 18 heavy (non-hydrogen) atoms. The Hall–Kier alpha value is -1.19. The molecule has 1 heterocycles. The lowest BCUT2D eigenvalue weighted by atomic mass is 10.3. The average molecular weight is 278 g/mol. The first-order valence-electron chi connectivity index (χ1n) is 5.51. The highest BCUT2D eigenvalue weighted by Crippen LogP contribution is 2.00. The van der Waals surface area contributed by atoms with Crippen LogP contribution in [0.25, 0.3) is 0 Å². The number of amides is 2. The van der Waals surface area contributed by atoms with E-state index in [0.717, 1.165) is 10.7 Å². The molecule has 0 atom stereocenters. The van der Waals surface area contributed by atoms with E-state index in [9.17, 15) is 18.0 Å². The molecule has 9 heteroatoms. The SMILES string of the molecule is CN(C)S(=O)(=O)NCC(=O)N1CCN(C=O)CC1. The first kappa shape index (κ1) is 14.9. The highest BCUT2D eigenvalue weighted by Gasteiger charge is 2.22. The van der Waals surface area contributed by atoms with Crippen LogP contribution >= 0.6 is 0 Å². The van der Waals surface area contributed by atoms with E-state index < -0.39 is 10.2 Å². The minimum Gasteiger partial charge on any atom is -0.342 e. The van der Waals surface area contributed by atoms with E-state index in [1.165, 1.54) is 19.0 Å². The molecule has 2 amide bonds. The first-order chi connectivity index (χ1) is 8.36. The summed E-state index contributed by atoms with van der Waals surface area (Å²) < 4.78 is 26.0. The van der Waals surface area contributed by atoms with E-state index >= 15 is 0 Å². The van der Waals surface area contributed by atoms with E-state index in [4.69, 9.17) is 0 Å². The Kier molecular flexibility index (Phi) is 5.05. The first-order valence-corrected chi connectivity index (χ1v) is 6.95. The maximum atomic E-state index is 11.7. The Balaban J connectivity index is 2.41. The van der Waals surface area contributed by atoms with E-state index in [1.807, 2.05) is 0 Å². The summed E-state index contributed by atoms with van der Waals surface area (Å²) in [5, 5.41) is 0. The summed E-state index contributed by atoms with van der Waals surface area (Å²) in [6, 6.07) is 0. The van der Waals surface area contributed by atoms with Crippen molar-refractivity contribution in [2.75, 3.05) is 46.8 Å². The predicted octanol–water partition coefficient (Wildman–Crippen LogP) is -2.32. The van der Waals surface area contributed by atoms with Gasteiger partial charge in [0.1, 0.15) is 0 Å². The van der Waals surface area contributed by atoms with Crippen molar-refractivity contribution in [2.24, 2.45) is 0 Å². The third kappa shape index (κ3) is 3.93. The van der Waals surface area contributed by atoms with Crippen LogP contribution in [0.4, 0.5) is 0 Å². The van der Waals surface area contributed by atoms with Crippen molar-refractivity contribution in [3.8, 4) is 0 Å². The third-order valence-electron chi connectivity index (χ3n) is 2.70. The van der Waals surface area contributed by atoms with Crippen LogP contribution < -0.4 is 4.72 Å². The molecule has 1 saturated heterocycles. The molecule has 0 saturated carbocycles. The molecule has 1 N–H and O–H groups in total. The summed E-state index contributed by atoms with van der Waals surface area (Å²) in [6.45, 7) is 1.56. The van der Waals surface area contributed by atoms with E-state index in [2.05, 4.69) is 4.72 Å². The van der Waals surface area contributed by atoms with Crippen molar-refractivity contribution in [1.82, 2.24) is 18.8 Å². The zero-order valence-corrected chi connectivity index (χ0v) is 11.3. The highest BCUT2D eigenvalue weighted by atomic mass is 32.2. The van der Waals surface area contributed by atoms with E-state index in [-0.39, 0.29) is 12.5 Å². The van der Waals surface area contributed by atoms with E-state index in [1.54, 1.807) is 4.90 Å². The lowest BCUT2D eigenvalue weighted by Gasteiger charge is -2.32. The molecule has 1 aliphatic heterocycles. The lowest BCUT2D eigenvalue weighted by Crippen LogP contribution is -2.51. The lowest BCUT2D eigenvalue weighted by molar-refractivity contribution is -0.134. The molecular weight excluding hydrogens is 260 g/mol. The minimum absolute atomic E-state index is 0.262. The molecule has 1 fully saturated rings. The predicted molar refractivity (Wildman–Crippen MR) is 64.8 cm³/mol. The van der Waals surface area contributed by atoms with Crippen LogP contribution in [0, 0.1) is 0 Å². The van der Waals surface area contributed by atoms with Crippen LogP contribution in [0.2, 0.25) is 0 Å². The molecule has 0 unspecified atom stereocenters. The molecule has 0 bridgehead atoms. The highest BCUT2D eigenvalue weighted by molar-refractivity contribution is 7.87. The maximum absolute atomic E-state index is 11.7. The van der Waals surface area contributed by atoms with Crippen molar-refractivity contribution in [2.45, 2.75) is 0 Å². The Labute approximate surface area is 107 Å². The number of nitrogens with zero attached hydrogens (tertiary/aromatic N) is 3. The Morgan fingerprint density at radius 2 is 1.83 bits per heavy atom. The van der Waals surface area contributed by atoms with Gasteiger partial charge >= 0.3 is 0 Å². The number of nitrogens with one attached hydrogen (secondary N) is 1. The standard InChI is InChI=1S/C9H18N4O4S/c1-11(2)18(16,17)10-7-9(15)13-5-3-12(8-14)4-6-13/h8,10H,3-7H2,1-2H3. The number of hydrogen-bond acceptors (Lipinski definition) is 4. The van der Waals surface area contributed by atoms with Crippen LogP contribution in [0.1, 0.15) is 0 Å². The fourth-order valence-electron chi connectivity index (χ4n) is 1.47. The second-order valence-corrected chi connectivity index (χ2v) is 6.10. The molecule has 0 spiro atoms. The smallest absolute Gasteiger partial charge is 0.279 e. The molecule has 1 rings (SSSR count). The maximum Gasteiger partial charge on any atom is 0.279 e. The number of rotatable bonds is 5. The molecule has 8 nitrogen and oxygen atoms in total. The Morgan fingerprint density at radius 1 is 1.28 bits per heavy atom. The summed E-state index contributed by atoms with van der Waals surface area (Å²) in [7, 11) is -0.809. The van der Waals surface area contributed by atoms with Gasteiger partial charge in [0.2, 0.25) is 12.3 Å². The summed E-state index contributed by atoms with van der Waals surface area (Å²) in [5.41, 5.74) is 0. The summed E-state index contributed by atoms with van der Waals surface area (Å²) in [4.78, 5) is 25.3. The van der Waals surface area contributed by atoms with Gasteiger partial charge in [0, 0.05) is 40.3 Å². The summed E-state index contributed by atoms with van der Waals surface area (Å²) >= 11 is 0. The van der Waals surface area contributed by atoms with Gasteiger partial charge in [0.05, 0.1) is 6.54 Å². The van der Waals surface area contributed by atoms with Gasteiger partial charge in [-0.25, -0.2) is 0 Å². The van der Waals surface area contributed by atoms with Gasteiger partial charge in [0.25, 0.3) is 10.2 Å². The quantitative estimate of drug-likeness (QED) is 0.572. The summed E-state index contributed by atoms with van der Waals surface area (Å²) in [5.74, 6) is -0.286. The molecule has 104 valence electrons.